The van der Waals surface area contributed by atoms with Crippen molar-refractivity contribution in [2.75, 3.05) is 38.9 Å². The topological polar surface area (TPSA) is 132 Å². The monoisotopic (exact) mass is 502 g/mol. The third-order valence-corrected chi connectivity index (χ3v) is 4.14. The van der Waals surface area contributed by atoms with Gasteiger partial charge in [0, 0.05) is 16.7 Å². The average Bonchev–Trinajstić information content (AvgIpc) is 2.79. The fourth-order valence-electron chi connectivity index (χ4n) is 2.01. The summed E-state index contributed by atoms with van der Waals surface area (Å²) < 4.78 is 25.6. The minimum Gasteiger partial charge on any atom is -0.465 e. The van der Waals surface area contributed by atoms with Gasteiger partial charge in [-0.05, 0) is 20.8 Å². The van der Waals surface area contributed by atoms with E-state index in [1.165, 1.54) is 20.8 Å². The van der Waals surface area contributed by atoms with Gasteiger partial charge in [0.25, 0.3) is 0 Å². The highest BCUT2D eigenvalue weighted by Crippen LogP contribution is 2.23. The lowest BCUT2D eigenvalue weighted by atomic mass is 9.92. The molecule has 0 spiro atoms. The Morgan fingerprint density at radius 2 is 0.941 bits per heavy atom. The molecule has 190 valence electrons. The van der Waals surface area contributed by atoms with Gasteiger partial charge in [0.1, 0.15) is 38.4 Å². The molecule has 0 bridgehead atoms. The highest BCUT2D eigenvalue weighted by molar-refractivity contribution is 6.18. The summed E-state index contributed by atoms with van der Waals surface area (Å²) in [5.74, 6) is -3.56. The van der Waals surface area contributed by atoms with E-state index in [2.05, 4.69) is 19.7 Å². The number of carbonyl (C=O) groups is 5. The highest BCUT2D eigenvalue weighted by atomic mass is 35.5. The number of halogens is 1. The predicted octanol–water partition coefficient (Wildman–Crippen LogP) is 2.44. The first-order chi connectivity index (χ1) is 15.8. The van der Waals surface area contributed by atoms with Crippen LogP contribution in [0.4, 0.5) is 0 Å². The second kappa shape index (κ2) is 15.7. The lowest BCUT2D eigenvalue weighted by molar-refractivity contribution is -0.168. The maximum atomic E-state index is 12.2. The minimum atomic E-state index is -1.46. The summed E-state index contributed by atoms with van der Waals surface area (Å²) in [6.07, 6.45) is -0.553. The van der Waals surface area contributed by atoms with Gasteiger partial charge in [0.2, 0.25) is 0 Å². The Bertz CT molecular complexity index is 740. The molecular formula is C23H31ClO10. The summed E-state index contributed by atoms with van der Waals surface area (Å²) in [6.45, 7) is 12.9. The zero-order valence-corrected chi connectivity index (χ0v) is 20.5. The molecule has 0 aromatic carbocycles. The van der Waals surface area contributed by atoms with Gasteiger partial charge >= 0.3 is 29.8 Å². The standard InChI is InChI=1S/C23H31ClO10/c1-15(2)20(27)32-12-23(13-33-21(28)16(3)4,14-34-22(29)17(5)6)11-31-19(26)8-7-18(25)30-10-9-24/h1,3,5,7-14H2,2,4,6H3. The van der Waals surface area contributed by atoms with Crippen LogP contribution in [-0.4, -0.2) is 68.8 Å². The molecule has 0 heterocycles. The Morgan fingerprint density at radius 1 is 0.618 bits per heavy atom. The van der Waals surface area contributed by atoms with Gasteiger partial charge in [-0.2, -0.15) is 0 Å². The number of carbonyl (C=O) groups excluding carboxylic acids is 5. The molecule has 0 aliphatic rings. The van der Waals surface area contributed by atoms with Gasteiger partial charge in [-0.25, -0.2) is 14.4 Å². The van der Waals surface area contributed by atoms with Crippen LogP contribution in [0.2, 0.25) is 0 Å². The summed E-state index contributed by atoms with van der Waals surface area (Å²) in [5, 5.41) is 0. The normalized spacial score (nSPS) is 10.5. The van der Waals surface area contributed by atoms with Crippen LogP contribution in [0.15, 0.2) is 36.5 Å². The molecule has 34 heavy (non-hydrogen) atoms. The molecule has 0 unspecified atom stereocenters. The average molecular weight is 503 g/mol. The van der Waals surface area contributed by atoms with Gasteiger partial charge in [0.05, 0.1) is 18.7 Å². The molecular weight excluding hydrogens is 472 g/mol. The summed E-state index contributed by atoms with van der Waals surface area (Å²) in [7, 11) is 0. The van der Waals surface area contributed by atoms with Gasteiger partial charge in [-0.3, -0.25) is 9.59 Å². The van der Waals surface area contributed by atoms with E-state index in [4.69, 9.17) is 35.3 Å². The van der Waals surface area contributed by atoms with Crippen molar-refractivity contribution >= 4 is 41.4 Å². The lowest BCUT2D eigenvalue weighted by Gasteiger charge is -2.31. The fourth-order valence-corrected chi connectivity index (χ4v) is 2.09. The number of alkyl halides is 1. The SMILES string of the molecule is C=C(C)C(=O)OCC(COC(=O)CCC(=O)OCCCl)(COC(=O)C(=C)C)COC(=O)C(=C)C. The molecule has 0 atom stereocenters. The second-order valence-corrected chi connectivity index (χ2v) is 8.02. The Balaban J connectivity index is 5.54. The molecule has 0 radical (unpaired) electrons. The molecule has 0 saturated carbocycles. The number of ether oxygens (including phenoxy) is 5. The van der Waals surface area contributed by atoms with Crippen molar-refractivity contribution in [2.24, 2.45) is 5.41 Å². The largest absolute Gasteiger partial charge is 0.465 e. The van der Waals surface area contributed by atoms with Crippen LogP contribution in [0.3, 0.4) is 0 Å². The van der Waals surface area contributed by atoms with E-state index in [9.17, 15) is 24.0 Å². The van der Waals surface area contributed by atoms with Crippen LogP contribution in [0.1, 0.15) is 33.6 Å². The van der Waals surface area contributed by atoms with Crippen LogP contribution >= 0.6 is 11.6 Å². The van der Waals surface area contributed by atoms with Crippen molar-refractivity contribution in [2.45, 2.75) is 33.6 Å². The molecule has 0 fully saturated rings. The number of hydrogen-bond donors (Lipinski definition) is 0. The fraction of sp³-hybridized carbons (Fsp3) is 0.522. The molecule has 0 aromatic heterocycles. The summed E-state index contributed by atoms with van der Waals surface area (Å²) in [5.41, 5.74) is -1.17. The van der Waals surface area contributed by atoms with Crippen LogP contribution in [0, 0.1) is 5.41 Å². The van der Waals surface area contributed by atoms with Gasteiger partial charge < -0.3 is 23.7 Å². The molecule has 0 saturated heterocycles. The Kier molecular flexibility index (Phi) is 14.2. The zero-order chi connectivity index (χ0) is 26.3. The molecule has 0 rings (SSSR count). The van der Waals surface area contributed by atoms with Gasteiger partial charge in [-0.1, -0.05) is 19.7 Å². The first-order valence-corrected chi connectivity index (χ1v) is 10.7. The summed E-state index contributed by atoms with van der Waals surface area (Å²) >= 11 is 5.43. The Hall–Kier alpha value is -3.14. The molecule has 0 aliphatic heterocycles. The first-order valence-electron chi connectivity index (χ1n) is 10.2. The van der Waals surface area contributed by atoms with Crippen LogP contribution in [0.5, 0.6) is 0 Å². The van der Waals surface area contributed by atoms with Gasteiger partial charge in [-0.15, -0.1) is 11.6 Å². The molecule has 0 N–H and O–H groups in total. The van der Waals surface area contributed by atoms with E-state index in [1.54, 1.807) is 0 Å². The van der Waals surface area contributed by atoms with Crippen molar-refractivity contribution in [3.8, 4) is 0 Å². The Labute approximate surface area is 203 Å². The second-order valence-electron chi connectivity index (χ2n) is 7.64. The van der Waals surface area contributed by atoms with E-state index in [-0.39, 0.29) is 42.0 Å². The summed E-state index contributed by atoms with van der Waals surface area (Å²) in [4.78, 5) is 59.6. The van der Waals surface area contributed by atoms with E-state index in [1.807, 2.05) is 0 Å². The molecule has 0 aliphatic carbocycles. The van der Waals surface area contributed by atoms with Crippen molar-refractivity contribution in [3.05, 3.63) is 36.5 Å². The van der Waals surface area contributed by atoms with Crippen LogP contribution < -0.4 is 0 Å². The Morgan fingerprint density at radius 3 is 1.26 bits per heavy atom. The van der Waals surface area contributed by atoms with Crippen molar-refractivity contribution < 1.29 is 47.7 Å². The molecule has 0 aromatic rings. The number of hydrogen-bond acceptors (Lipinski definition) is 10. The quantitative estimate of drug-likeness (QED) is 0.134. The predicted molar refractivity (Wildman–Crippen MR) is 122 cm³/mol. The lowest BCUT2D eigenvalue weighted by Crippen LogP contribution is -2.44. The molecule has 10 nitrogen and oxygen atoms in total. The number of esters is 5. The maximum Gasteiger partial charge on any atom is 0.333 e. The van der Waals surface area contributed by atoms with Crippen LogP contribution in [0.25, 0.3) is 0 Å². The van der Waals surface area contributed by atoms with Crippen molar-refractivity contribution in [1.82, 2.24) is 0 Å². The highest BCUT2D eigenvalue weighted by Gasteiger charge is 2.38. The summed E-state index contributed by atoms with van der Waals surface area (Å²) in [6, 6.07) is 0. The molecule has 11 heteroatoms. The van der Waals surface area contributed by atoms with Crippen molar-refractivity contribution in [1.29, 1.82) is 0 Å². The van der Waals surface area contributed by atoms with E-state index in [0.717, 1.165) is 0 Å². The third kappa shape index (κ3) is 12.8. The van der Waals surface area contributed by atoms with E-state index in [0.29, 0.717) is 0 Å². The molecule has 0 amide bonds. The smallest absolute Gasteiger partial charge is 0.333 e. The van der Waals surface area contributed by atoms with Crippen molar-refractivity contribution in [3.63, 3.8) is 0 Å². The van der Waals surface area contributed by atoms with Gasteiger partial charge in [0.15, 0.2) is 0 Å². The number of rotatable bonds is 16. The minimum absolute atomic E-state index is 0.00874. The van der Waals surface area contributed by atoms with E-state index < -0.39 is 61.7 Å². The first kappa shape index (κ1) is 30.9. The third-order valence-electron chi connectivity index (χ3n) is 3.99. The maximum absolute atomic E-state index is 12.2. The van der Waals surface area contributed by atoms with Crippen LogP contribution in [-0.2, 0) is 47.7 Å². The van der Waals surface area contributed by atoms with E-state index >= 15 is 0 Å². The zero-order valence-electron chi connectivity index (χ0n) is 19.7.